The monoisotopic (exact) mass is 375 g/mol. The molecule has 0 atom stereocenters. The maximum absolute atomic E-state index is 11.4. The highest BCUT2D eigenvalue weighted by Crippen LogP contribution is 2.36. The van der Waals surface area contributed by atoms with Gasteiger partial charge >= 0.3 is 0 Å². The normalized spacial score (nSPS) is 12.5. The number of anilines is 1. The van der Waals surface area contributed by atoms with Gasteiger partial charge in [-0.05, 0) is 30.0 Å². The summed E-state index contributed by atoms with van der Waals surface area (Å²) < 4.78 is 63.8. The Morgan fingerprint density at radius 2 is 1.50 bits per heavy atom. The number of benzene rings is 2. The number of phenolic OH excluding ortho intramolecular Hbond substituents is 1. The molecule has 0 aliphatic carbocycles. The summed E-state index contributed by atoms with van der Waals surface area (Å²) in [6, 6.07) is 4.06. The van der Waals surface area contributed by atoms with Gasteiger partial charge in [-0.3, -0.25) is 9.11 Å². The predicted molar refractivity (Wildman–Crippen MR) is 88.6 cm³/mol. The van der Waals surface area contributed by atoms with Crippen LogP contribution in [0.3, 0.4) is 0 Å². The fourth-order valence-corrected chi connectivity index (χ4v) is 3.35. The molecule has 0 unspecified atom stereocenters. The molecule has 0 amide bonds. The summed E-state index contributed by atoms with van der Waals surface area (Å²) in [5, 5.41) is 13.3. The highest BCUT2D eigenvalue weighted by atomic mass is 32.2. The van der Waals surface area contributed by atoms with Crippen LogP contribution in [0.4, 0.5) is 5.69 Å². The van der Waals surface area contributed by atoms with Gasteiger partial charge in [-0.15, -0.1) is 0 Å². The third-order valence-corrected chi connectivity index (χ3v) is 5.08. The largest absolute Gasteiger partial charge is 0.507 e. The molecule has 0 spiro atoms. The standard InChI is InChI=1S/C14H17NO7S2/c1-2-3-4-15-12-7-10(23(17,18)19)5-9-6-11(24(20,21)22)8-13(16)14(9)12/h5-8,15-16H,2-4H2,1H3,(H,17,18,19)(H,20,21,22). The van der Waals surface area contributed by atoms with Crippen LogP contribution in [0.5, 0.6) is 5.75 Å². The Balaban J connectivity index is 2.78. The van der Waals surface area contributed by atoms with Crippen molar-refractivity contribution in [2.24, 2.45) is 0 Å². The van der Waals surface area contributed by atoms with Crippen molar-refractivity contribution in [3.63, 3.8) is 0 Å². The number of aromatic hydroxyl groups is 1. The molecule has 8 nitrogen and oxygen atoms in total. The Bertz CT molecular complexity index is 977. The molecule has 0 aliphatic rings. The number of nitrogens with one attached hydrogen (secondary N) is 1. The lowest BCUT2D eigenvalue weighted by Gasteiger charge is -2.13. The van der Waals surface area contributed by atoms with E-state index in [4.69, 9.17) is 4.55 Å². The van der Waals surface area contributed by atoms with Crippen molar-refractivity contribution in [2.75, 3.05) is 11.9 Å². The van der Waals surface area contributed by atoms with E-state index in [1.807, 2.05) is 6.92 Å². The first-order valence-electron chi connectivity index (χ1n) is 7.03. The number of fused-ring (bicyclic) bond motifs is 1. The fourth-order valence-electron chi connectivity index (χ4n) is 2.28. The van der Waals surface area contributed by atoms with Gasteiger partial charge in [0.05, 0.1) is 9.79 Å². The molecule has 0 aliphatic heterocycles. The Hall–Kier alpha value is -1.88. The number of phenols is 1. The summed E-state index contributed by atoms with van der Waals surface area (Å²) in [5.41, 5.74) is 0.230. The highest BCUT2D eigenvalue weighted by Gasteiger charge is 2.19. The second-order valence-electron chi connectivity index (χ2n) is 5.24. The first kappa shape index (κ1) is 18.5. The van der Waals surface area contributed by atoms with Crippen molar-refractivity contribution < 1.29 is 31.0 Å². The van der Waals surface area contributed by atoms with Gasteiger partial charge in [0.15, 0.2) is 0 Å². The second-order valence-corrected chi connectivity index (χ2v) is 8.08. The van der Waals surface area contributed by atoms with Gasteiger partial charge in [0, 0.05) is 23.7 Å². The van der Waals surface area contributed by atoms with Gasteiger partial charge in [0.2, 0.25) is 0 Å². The number of hydrogen-bond acceptors (Lipinski definition) is 6. The minimum Gasteiger partial charge on any atom is -0.507 e. The van der Waals surface area contributed by atoms with Crippen LogP contribution in [0, 0.1) is 0 Å². The molecule has 2 rings (SSSR count). The lowest BCUT2D eigenvalue weighted by molar-refractivity contribution is 0.471. The van der Waals surface area contributed by atoms with Crippen molar-refractivity contribution in [3.05, 3.63) is 24.3 Å². The SMILES string of the molecule is CCCCNc1cc(S(=O)(=O)O)cc2cc(S(=O)(=O)O)cc(O)c12. The van der Waals surface area contributed by atoms with E-state index in [0.29, 0.717) is 6.54 Å². The molecule has 2 aromatic rings. The molecule has 0 heterocycles. The number of unbranched alkanes of at least 4 members (excludes halogenated alkanes) is 1. The van der Waals surface area contributed by atoms with E-state index in [1.165, 1.54) is 0 Å². The van der Waals surface area contributed by atoms with Crippen LogP contribution < -0.4 is 5.32 Å². The average Bonchev–Trinajstić information content (AvgIpc) is 2.44. The summed E-state index contributed by atoms with van der Waals surface area (Å²) >= 11 is 0. The third-order valence-electron chi connectivity index (χ3n) is 3.42. The molecule has 24 heavy (non-hydrogen) atoms. The molecule has 10 heteroatoms. The van der Waals surface area contributed by atoms with Crippen LogP contribution in [-0.4, -0.2) is 37.6 Å². The Labute approximate surface area is 139 Å². The van der Waals surface area contributed by atoms with E-state index in [2.05, 4.69) is 5.32 Å². The minimum atomic E-state index is -4.59. The highest BCUT2D eigenvalue weighted by molar-refractivity contribution is 7.86. The van der Waals surface area contributed by atoms with Gasteiger partial charge in [0.25, 0.3) is 20.2 Å². The zero-order chi connectivity index (χ0) is 18.1. The molecule has 0 fully saturated rings. The smallest absolute Gasteiger partial charge is 0.294 e. The molecule has 0 saturated carbocycles. The van der Waals surface area contributed by atoms with E-state index in [1.54, 1.807) is 0 Å². The summed E-state index contributed by atoms with van der Waals surface area (Å²) in [6.45, 7) is 2.45. The summed E-state index contributed by atoms with van der Waals surface area (Å²) in [4.78, 5) is -1.04. The summed E-state index contributed by atoms with van der Waals surface area (Å²) in [5.74, 6) is -0.444. The lowest BCUT2D eigenvalue weighted by atomic mass is 10.1. The minimum absolute atomic E-state index is 0.0387. The molecule has 132 valence electrons. The molecule has 4 N–H and O–H groups in total. The fraction of sp³-hybridized carbons (Fsp3) is 0.286. The maximum Gasteiger partial charge on any atom is 0.294 e. The van der Waals surface area contributed by atoms with E-state index in [-0.39, 0.29) is 16.5 Å². The summed E-state index contributed by atoms with van der Waals surface area (Å²) in [6.07, 6.45) is 1.66. The molecule has 0 saturated heterocycles. The molecule has 0 radical (unpaired) electrons. The zero-order valence-electron chi connectivity index (χ0n) is 12.7. The zero-order valence-corrected chi connectivity index (χ0v) is 14.4. The molecule has 0 bridgehead atoms. The predicted octanol–water partition coefficient (Wildman–Crippen LogP) is 2.25. The molecule has 0 aromatic heterocycles. The first-order chi connectivity index (χ1) is 11.0. The first-order valence-corrected chi connectivity index (χ1v) is 9.91. The van der Waals surface area contributed by atoms with Crippen LogP contribution in [0.15, 0.2) is 34.1 Å². The van der Waals surface area contributed by atoms with Crippen molar-refractivity contribution in [1.29, 1.82) is 0 Å². The van der Waals surface area contributed by atoms with Gasteiger partial charge in [-0.1, -0.05) is 13.3 Å². The van der Waals surface area contributed by atoms with Gasteiger partial charge in [-0.25, -0.2) is 0 Å². The van der Waals surface area contributed by atoms with Crippen LogP contribution in [0.2, 0.25) is 0 Å². The quantitative estimate of drug-likeness (QED) is 0.445. The number of rotatable bonds is 6. The topological polar surface area (TPSA) is 141 Å². The van der Waals surface area contributed by atoms with Crippen molar-refractivity contribution in [2.45, 2.75) is 29.6 Å². The van der Waals surface area contributed by atoms with E-state index in [0.717, 1.165) is 37.1 Å². The van der Waals surface area contributed by atoms with Crippen molar-refractivity contribution in [3.8, 4) is 5.75 Å². The van der Waals surface area contributed by atoms with E-state index < -0.39 is 35.8 Å². The van der Waals surface area contributed by atoms with Crippen LogP contribution >= 0.6 is 0 Å². The summed E-state index contributed by atoms with van der Waals surface area (Å²) in [7, 11) is -9.13. The van der Waals surface area contributed by atoms with Crippen LogP contribution in [0.25, 0.3) is 10.8 Å². The average molecular weight is 375 g/mol. The van der Waals surface area contributed by atoms with Gasteiger partial charge in [0.1, 0.15) is 5.75 Å². The Morgan fingerprint density at radius 3 is 2.00 bits per heavy atom. The Morgan fingerprint density at radius 1 is 0.958 bits per heavy atom. The Kier molecular flexibility index (Phi) is 5.04. The maximum atomic E-state index is 11.4. The number of hydrogen-bond donors (Lipinski definition) is 4. The third kappa shape index (κ3) is 3.96. The lowest BCUT2D eigenvalue weighted by Crippen LogP contribution is -2.05. The molecular weight excluding hydrogens is 358 g/mol. The molecule has 2 aromatic carbocycles. The van der Waals surface area contributed by atoms with Gasteiger partial charge in [-0.2, -0.15) is 16.8 Å². The van der Waals surface area contributed by atoms with Crippen LogP contribution in [0.1, 0.15) is 19.8 Å². The van der Waals surface area contributed by atoms with E-state index >= 15 is 0 Å². The van der Waals surface area contributed by atoms with Crippen molar-refractivity contribution >= 4 is 36.7 Å². The van der Waals surface area contributed by atoms with Crippen LogP contribution in [-0.2, 0) is 20.2 Å². The van der Waals surface area contributed by atoms with E-state index in [9.17, 15) is 26.5 Å². The molecular formula is C14H17NO7S2. The van der Waals surface area contributed by atoms with Crippen molar-refractivity contribution in [1.82, 2.24) is 0 Å². The second kappa shape index (κ2) is 6.55. The van der Waals surface area contributed by atoms with Gasteiger partial charge < -0.3 is 10.4 Å².